The van der Waals surface area contributed by atoms with Crippen LogP contribution in [0.1, 0.15) is 16.7 Å². The first-order valence-electron chi connectivity index (χ1n) is 8.34. The van der Waals surface area contributed by atoms with E-state index in [0.717, 1.165) is 32.5 Å². The van der Waals surface area contributed by atoms with E-state index < -0.39 is 5.91 Å². The summed E-state index contributed by atoms with van der Waals surface area (Å²) in [5, 5.41) is 9.48. The minimum atomic E-state index is -0.865. The molecule has 0 atom stereocenters. The Morgan fingerprint density at radius 2 is 1.82 bits per heavy atom. The molecule has 1 heterocycles. The molecule has 0 aliphatic rings. The van der Waals surface area contributed by atoms with Crippen LogP contribution in [0.4, 0.5) is 0 Å². The van der Waals surface area contributed by atoms with Crippen LogP contribution in [0.25, 0.3) is 17.3 Å². The van der Waals surface area contributed by atoms with Crippen LogP contribution in [0.5, 0.6) is 0 Å². The Labute approximate surface area is 173 Å². The lowest BCUT2D eigenvalue weighted by Crippen LogP contribution is -2.33. The van der Waals surface area contributed by atoms with Crippen LogP contribution in [-0.2, 0) is 4.79 Å². The maximum atomic E-state index is 13.3. The van der Waals surface area contributed by atoms with Gasteiger partial charge in [0.25, 0.3) is 11.5 Å². The fourth-order valence-electron chi connectivity index (χ4n) is 2.95. The molecule has 0 aliphatic carbocycles. The summed E-state index contributed by atoms with van der Waals surface area (Å²) >= 11 is 4.55. The van der Waals surface area contributed by atoms with Gasteiger partial charge in [0.1, 0.15) is 10.7 Å². The van der Waals surface area contributed by atoms with Crippen LogP contribution in [0.2, 0.25) is 0 Å². The number of amides is 1. The van der Waals surface area contributed by atoms with Gasteiger partial charge in [-0.25, -0.2) is 0 Å². The SMILES string of the molecule is Cc1cccc(C)c1-n1c(=C(C#N)C(N)=O)sc(=Cc2ccccc2Br)c1=O. The molecule has 0 saturated carbocycles. The number of rotatable bonds is 3. The Kier molecular flexibility index (Phi) is 5.63. The third-order valence-corrected chi connectivity index (χ3v) is 6.07. The number of nitriles is 1. The van der Waals surface area contributed by atoms with Crippen molar-refractivity contribution in [2.45, 2.75) is 13.8 Å². The van der Waals surface area contributed by atoms with Gasteiger partial charge in [-0.2, -0.15) is 5.26 Å². The van der Waals surface area contributed by atoms with Crippen molar-refractivity contribution >= 4 is 44.8 Å². The van der Waals surface area contributed by atoms with E-state index in [0.29, 0.717) is 10.2 Å². The van der Waals surface area contributed by atoms with Gasteiger partial charge in [0.15, 0.2) is 5.57 Å². The number of carbonyl (C=O) groups excluding carboxylic acids is 1. The summed E-state index contributed by atoms with van der Waals surface area (Å²) < 4.78 is 2.89. The number of carbonyl (C=O) groups is 1. The average molecular weight is 454 g/mol. The first-order valence-corrected chi connectivity index (χ1v) is 9.95. The zero-order valence-electron chi connectivity index (χ0n) is 15.2. The van der Waals surface area contributed by atoms with E-state index in [9.17, 15) is 14.9 Å². The van der Waals surface area contributed by atoms with Gasteiger partial charge in [0, 0.05) is 4.47 Å². The van der Waals surface area contributed by atoms with Crippen LogP contribution in [0.15, 0.2) is 51.7 Å². The molecule has 28 heavy (non-hydrogen) atoms. The van der Waals surface area contributed by atoms with Gasteiger partial charge in [0.2, 0.25) is 0 Å². The molecule has 0 fully saturated rings. The molecular weight excluding hydrogens is 438 g/mol. The molecule has 0 radical (unpaired) electrons. The highest BCUT2D eigenvalue weighted by Gasteiger charge is 2.17. The minimum absolute atomic E-state index is 0.232. The van der Waals surface area contributed by atoms with E-state index in [1.54, 1.807) is 6.08 Å². The lowest BCUT2D eigenvalue weighted by Gasteiger charge is -2.10. The topological polar surface area (TPSA) is 88.9 Å². The van der Waals surface area contributed by atoms with Crippen molar-refractivity contribution in [1.82, 2.24) is 4.57 Å². The highest BCUT2D eigenvalue weighted by molar-refractivity contribution is 9.10. The van der Waals surface area contributed by atoms with Gasteiger partial charge in [-0.15, -0.1) is 11.3 Å². The number of hydrogen-bond donors (Lipinski definition) is 1. The zero-order chi connectivity index (χ0) is 20.4. The summed E-state index contributed by atoms with van der Waals surface area (Å²) in [7, 11) is 0. The first kappa shape index (κ1) is 19.8. The second kappa shape index (κ2) is 7.97. The predicted molar refractivity (Wildman–Crippen MR) is 115 cm³/mol. The molecule has 0 saturated heterocycles. The summed E-state index contributed by atoms with van der Waals surface area (Å²) in [6, 6.07) is 15.0. The van der Waals surface area contributed by atoms with Gasteiger partial charge >= 0.3 is 0 Å². The molecular formula is C21H16BrN3O2S. The maximum Gasteiger partial charge on any atom is 0.273 e. The molecule has 1 amide bonds. The Balaban J connectivity index is 2.52. The van der Waals surface area contributed by atoms with E-state index >= 15 is 0 Å². The molecule has 7 heteroatoms. The van der Waals surface area contributed by atoms with E-state index in [4.69, 9.17) is 5.73 Å². The number of aromatic nitrogens is 1. The molecule has 0 aliphatic heterocycles. The number of para-hydroxylation sites is 1. The molecule has 0 spiro atoms. The standard InChI is InChI=1S/C21H16BrN3O2S/c1-12-6-5-7-13(2)18(12)25-20(27)17(10-14-8-3-4-9-16(14)22)28-21(25)15(11-23)19(24)26/h3-10H,1-2H3,(H2,24,26). The lowest BCUT2D eigenvalue weighted by molar-refractivity contribution is -0.112. The first-order chi connectivity index (χ1) is 13.3. The van der Waals surface area contributed by atoms with Crippen molar-refractivity contribution in [3.63, 3.8) is 0 Å². The van der Waals surface area contributed by atoms with Gasteiger partial charge in [-0.1, -0.05) is 52.3 Å². The maximum absolute atomic E-state index is 13.3. The molecule has 3 rings (SSSR count). The number of aryl methyl sites for hydroxylation is 2. The van der Waals surface area contributed by atoms with E-state index in [1.807, 2.05) is 62.4 Å². The molecule has 0 unspecified atom stereocenters. The largest absolute Gasteiger partial charge is 0.365 e. The minimum Gasteiger partial charge on any atom is -0.365 e. The number of nitrogens with zero attached hydrogens (tertiary/aromatic N) is 2. The smallest absolute Gasteiger partial charge is 0.273 e. The van der Waals surface area contributed by atoms with E-state index in [-0.39, 0.29) is 15.8 Å². The number of hydrogen-bond acceptors (Lipinski definition) is 4. The summed E-state index contributed by atoms with van der Waals surface area (Å²) in [4.78, 5) is 25.2. The molecule has 1 aromatic heterocycles. The monoisotopic (exact) mass is 453 g/mol. The molecule has 2 aromatic carbocycles. The molecule has 3 aromatic rings. The Bertz CT molecular complexity index is 1290. The Hall–Kier alpha value is -2.95. The number of primary amides is 1. The number of halogens is 1. The molecule has 5 nitrogen and oxygen atoms in total. The predicted octanol–water partition coefficient (Wildman–Crippen LogP) is 2.27. The molecule has 0 bridgehead atoms. The van der Waals surface area contributed by atoms with Crippen molar-refractivity contribution in [2.75, 3.05) is 0 Å². The number of nitrogens with two attached hydrogens (primary N) is 1. The van der Waals surface area contributed by atoms with Crippen LogP contribution >= 0.6 is 27.3 Å². The zero-order valence-corrected chi connectivity index (χ0v) is 17.6. The summed E-state index contributed by atoms with van der Waals surface area (Å²) in [6.45, 7) is 3.76. The third-order valence-electron chi connectivity index (χ3n) is 4.25. The van der Waals surface area contributed by atoms with Crippen LogP contribution in [-0.4, -0.2) is 10.5 Å². The lowest BCUT2D eigenvalue weighted by atomic mass is 10.1. The molecule has 140 valence electrons. The quantitative estimate of drug-likeness (QED) is 0.659. The Morgan fingerprint density at radius 3 is 2.39 bits per heavy atom. The van der Waals surface area contributed by atoms with Crippen molar-refractivity contribution < 1.29 is 4.79 Å². The Morgan fingerprint density at radius 1 is 1.18 bits per heavy atom. The summed E-state index contributed by atoms with van der Waals surface area (Å²) in [5.74, 6) is -0.865. The fraction of sp³-hybridized carbons (Fsp3) is 0.0952. The van der Waals surface area contributed by atoms with Crippen molar-refractivity contribution in [2.24, 2.45) is 5.73 Å². The number of thiazole rings is 1. The second-order valence-corrected chi connectivity index (χ2v) is 8.05. The normalized spacial score (nSPS) is 12.6. The van der Waals surface area contributed by atoms with Crippen LogP contribution in [0.3, 0.4) is 0 Å². The van der Waals surface area contributed by atoms with Crippen molar-refractivity contribution in [1.29, 1.82) is 5.26 Å². The van der Waals surface area contributed by atoms with Gasteiger partial charge in [0.05, 0.1) is 10.2 Å². The van der Waals surface area contributed by atoms with Crippen molar-refractivity contribution in [3.8, 4) is 11.8 Å². The summed E-state index contributed by atoms with van der Waals surface area (Å²) in [5.41, 5.74) is 8.05. The van der Waals surface area contributed by atoms with Gasteiger partial charge in [-0.3, -0.25) is 14.2 Å². The van der Waals surface area contributed by atoms with E-state index in [2.05, 4.69) is 15.9 Å². The number of benzene rings is 2. The average Bonchev–Trinajstić information content (AvgIpc) is 2.94. The third kappa shape index (κ3) is 3.57. The highest BCUT2D eigenvalue weighted by Crippen LogP contribution is 2.17. The van der Waals surface area contributed by atoms with Crippen molar-refractivity contribution in [3.05, 3.63) is 83.2 Å². The summed E-state index contributed by atoms with van der Waals surface area (Å²) in [6.07, 6.45) is 1.74. The van der Waals surface area contributed by atoms with Crippen LogP contribution < -0.4 is 20.5 Å². The fourth-order valence-corrected chi connectivity index (χ4v) is 4.44. The highest BCUT2D eigenvalue weighted by atomic mass is 79.9. The second-order valence-electron chi connectivity index (χ2n) is 6.17. The van der Waals surface area contributed by atoms with Crippen LogP contribution in [0, 0.1) is 25.2 Å². The van der Waals surface area contributed by atoms with Gasteiger partial charge < -0.3 is 5.73 Å². The van der Waals surface area contributed by atoms with E-state index in [1.165, 1.54) is 4.57 Å². The van der Waals surface area contributed by atoms with Gasteiger partial charge in [-0.05, 0) is 42.7 Å². The molecule has 2 N–H and O–H groups in total.